The van der Waals surface area contributed by atoms with E-state index in [0.29, 0.717) is 17.4 Å². The largest absolute Gasteiger partial charge is 0.756 e. The molecular weight excluding hydrogens is 840 g/mol. The summed E-state index contributed by atoms with van der Waals surface area (Å²) in [4.78, 5) is 25.5. The third-order valence-electron chi connectivity index (χ3n) is 12.5. The highest BCUT2D eigenvalue weighted by atomic mass is 31.2. The first-order chi connectivity index (χ1) is 32.0. The number of rotatable bonds is 51. The van der Waals surface area contributed by atoms with Crippen molar-refractivity contribution >= 4 is 13.7 Å². The lowest BCUT2D eigenvalue weighted by Crippen LogP contribution is -2.45. The van der Waals surface area contributed by atoms with Crippen LogP contribution in [0.5, 0.6) is 0 Å². The molecule has 3 unspecified atom stereocenters. The van der Waals surface area contributed by atoms with Crippen LogP contribution in [0.2, 0.25) is 0 Å². The summed E-state index contributed by atoms with van der Waals surface area (Å²) in [5.41, 5.74) is 0. The van der Waals surface area contributed by atoms with Crippen LogP contribution in [-0.2, 0) is 18.4 Å². The van der Waals surface area contributed by atoms with Gasteiger partial charge in [-0.05, 0) is 70.6 Å². The summed E-state index contributed by atoms with van der Waals surface area (Å²) in [6, 6.07) is -0.912. The third kappa shape index (κ3) is 50.3. The van der Waals surface area contributed by atoms with Crippen molar-refractivity contribution in [3.05, 3.63) is 48.6 Å². The molecule has 8 nitrogen and oxygen atoms in total. The highest BCUT2D eigenvalue weighted by Crippen LogP contribution is 2.38. The van der Waals surface area contributed by atoms with E-state index in [0.717, 1.165) is 44.9 Å². The Balaban J connectivity index is 4.30. The summed E-state index contributed by atoms with van der Waals surface area (Å²) in [7, 11) is 1.24. The molecule has 0 saturated heterocycles. The van der Waals surface area contributed by atoms with Crippen molar-refractivity contribution in [1.29, 1.82) is 0 Å². The molecule has 0 heterocycles. The van der Waals surface area contributed by atoms with E-state index in [-0.39, 0.29) is 12.5 Å². The molecule has 0 aromatic heterocycles. The molecule has 0 aromatic carbocycles. The fraction of sp³-hybridized carbons (Fsp3) is 0.842. The van der Waals surface area contributed by atoms with Crippen molar-refractivity contribution < 1.29 is 32.9 Å². The van der Waals surface area contributed by atoms with E-state index < -0.39 is 26.6 Å². The lowest BCUT2D eigenvalue weighted by atomic mass is 10.0. The number of phosphoric ester groups is 1. The van der Waals surface area contributed by atoms with Gasteiger partial charge in [0.25, 0.3) is 7.82 Å². The van der Waals surface area contributed by atoms with E-state index in [1.54, 1.807) is 6.08 Å². The van der Waals surface area contributed by atoms with E-state index >= 15 is 0 Å². The van der Waals surface area contributed by atoms with Crippen molar-refractivity contribution in [2.45, 2.75) is 270 Å². The van der Waals surface area contributed by atoms with E-state index in [1.165, 1.54) is 193 Å². The minimum atomic E-state index is -4.61. The molecule has 0 rings (SSSR count). The molecule has 9 heteroatoms. The molecule has 0 aliphatic rings. The summed E-state index contributed by atoms with van der Waals surface area (Å²) in [5.74, 6) is -0.213. The lowest BCUT2D eigenvalue weighted by molar-refractivity contribution is -0.870. The first kappa shape index (κ1) is 64.5. The van der Waals surface area contributed by atoms with Crippen molar-refractivity contribution in [1.82, 2.24) is 5.32 Å². The smallest absolute Gasteiger partial charge is 0.268 e. The first-order valence-corrected chi connectivity index (χ1v) is 29.5. The number of allylic oxidation sites excluding steroid dienone is 7. The summed E-state index contributed by atoms with van der Waals surface area (Å²) >= 11 is 0. The molecular formula is C57H109N2O6P. The van der Waals surface area contributed by atoms with E-state index in [4.69, 9.17) is 9.05 Å². The van der Waals surface area contributed by atoms with Crippen LogP contribution in [0, 0.1) is 0 Å². The predicted octanol–water partition coefficient (Wildman–Crippen LogP) is 16.1. The number of nitrogens with one attached hydrogen (secondary N) is 1. The Labute approximate surface area is 409 Å². The maximum absolute atomic E-state index is 12.9. The number of carbonyl (C=O) groups is 1. The van der Waals surface area contributed by atoms with E-state index in [2.05, 4.69) is 55.6 Å². The van der Waals surface area contributed by atoms with Gasteiger partial charge in [0.05, 0.1) is 39.9 Å². The van der Waals surface area contributed by atoms with E-state index in [1.807, 2.05) is 27.2 Å². The van der Waals surface area contributed by atoms with Crippen LogP contribution in [0.3, 0.4) is 0 Å². The summed E-state index contributed by atoms with van der Waals surface area (Å²) in [6.07, 6.45) is 63.3. The van der Waals surface area contributed by atoms with Gasteiger partial charge in [-0.3, -0.25) is 9.36 Å². The maximum Gasteiger partial charge on any atom is 0.268 e. The van der Waals surface area contributed by atoms with Gasteiger partial charge in [0.1, 0.15) is 13.2 Å². The Kier molecular flexibility index (Phi) is 47.4. The zero-order chi connectivity index (χ0) is 48.5. The van der Waals surface area contributed by atoms with Crippen LogP contribution in [0.15, 0.2) is 48.6 Å². The number of phosphoric acid groups is 1. The molecule has 0 saturated carbocycles. The molecule has 0 aliphatic carbocycles. The lowest BCUT2D eigenvalue weighted by Gasteiger charge is -2.29. The van der Waals surface area contributed by atoms with Gasteiger partial charge in [0.2, 0.25) is 5.91 Å². The normalized spacial score (nSPS) is 14.3. The highest BCUT2D eigenvalue weighted by Gasteiger charge is 2.23. The molecule has 1 amide bonds. The fourth-order valence-electron chi connectivity index (χ4n) is 8.06. The van der Waals surface area contributed by atoms with Gasteiger partial charge >= 0.3 is 0 Å². The van der Waals surface area contributed by atoms with Crippen LogP contribution < -0.4 is 10.2 Å². The molecule has 0 aliphatic heterocycles. The molecule has 0 spiro atoms. The molecule has 388 valence electrons. The predicted molar refractivity (Wildman–Crippen MR) is 284 cm³/mol. The quantitative estimate of drug-likeness (QED) is 0.0272. The number of carbonyl (C=O) groups excluding carboxylic acids is 1. The maximum atomic E-state index is 12.9. The molecule has 0 fully saturated rings. The van der Waals surface area contributed by atoms with Crippen molar-refractivity contribution in [2.24, 2.45) is 0 Å². The Hall–Kier alpha value is -1.54. The van der Waals surface area contributed by atoms with Crippen LogP contribution in [0.25, 0.3) is 0 Å². The Morgan fingerprint density at radius 3 is 1.23 bits per heavy atom. The van der Waals surface area contributed by atoms with Gasteiger partial charge in [0.15, 0.2) is 0 Å². The van der Waals surface area contributed by atoms with E-state index in [9.17, 15) is 19.4 Å². The fourth-order valence-corrected chi connectivity index (χ4v) is 8.79. The Morgan fingerprint density at radius 1 is 0.515 bits per heavy atom. The number of aliphatic hydroxyl groups is 1. The van der Waals surface area contributed by atoms with Crippen LogP contribution in [0.4, 0.5) is 0 Å². The molecule has 0 radical (unpaired) electrons. The molecule has 3 atom stereocenters. The Morgan fingerprint density at radius 2 is 0.848 bits per heavy atom. The van der Waals surface area contributed by atoms with Gasteiger partial charge in [-0.25, -0.2) is 0 Å². The number of likely N-dealkylation sites (N-methyl/N-ethyl adjacent to an activating group) is 1. The second-order valence-corrected chi connectivity index (χ2v) is 21.7. The third-order valence-corrected chi connectivity index (χ3v) is 13.5. The number of unbranched alkanes of at least 4 members (excludes halogenated alkanes) is 32. The zero-order valence-corrected chi connectivity index (χ0v) is 45.0. The minimum Gasteiger partial charge on any atom is -0.756 e. The number of nitrogens with zero attached hydrogens (tertiary/aromatic N) is 1. The molecule has 0 aromatic rings. The molecule has 2 N–H and O–H groups in total. The van der Waals surface area contributed by atoms with Crippen LogP contribution >= 0.6 is 7.82 Å². The van der Waals surface area contributed by atoms with Crippen LogP contribution in [-0.4, -0.2) is 68.5 Å². The van der Waals surface area contributed by atoms with Gasteiger partial charge in [-0.15, -0.1) is 0 Å². The van der Waals surface area contributed by atoms with Gasteiger partial charge < -0.3 is 28.8 Å². The summed E-state index contributed by atoms with van der Waals surface area (Å²) in [6.45, 7) is 4.64. The number of aliphatic hydroxyl groups excluding tert-OH is 1. The number of amides is 1. The van der Waals surface area contributed by atoms with Gasteiger partial charge in [-0.1, -0.05) is 229 Å². The van der Waals surface area contributed by atoms with Crippen LogP contribution in [0.1, 0.15) is 258 Å². The standard InChI is InChI=1S/C57H109N2O6P/c1-6-8-10-12-14-16-18-20-22-24-26-28-29-30-31-33-35-37-39-41-43-45-47-49-51-57(61)58-55(54-65-66(62,63)64-53-52-59(3,4)5)56(60)50-48-46-44-42-40-38-36-34-32-27-25-23-21-19-17-15-13-11-9-7-2/h30-32,34,40,42,48,50,55-56,60H,6-29,33,35-39,41,43-47,49,51-54H2,1-5H3,(H-,58,61,62,63)/b31-30-,34-32+,42-40+,50-48+. The van der Waals surface area contributed by atoms with Crippen molar-refractivity contribution in [2.75, 3.05) is 40.9 Å². The Bertz CT molecular complexity index is 1210. The summed E-state index contributed by atoms with van der Waals surface area (Å²) in [5, 5.41) is 13.8. The topological polar surface area (TPSA) is 108 Å². The van der Waals surface area contributed by atoms with Crippen molar-refractivity contribution in [3.8, 4) is 0 Å². The number of hydrogen-bond donors (Lipinski definition) is 2. The monoisotopic (exact) mass is 949 g/mol. The average molecular weight is 949 g/mol. The number of hydrogen-bond acceptors (Lipinski definition) is 6. The second-order valence-electron chi connectivity index (χ2n) is 20.3. The zero-order valence-electron chi connectivity index (χ0n) is 44.1. The summed E-state index contributed by atoms with van der Waals surface area (Å²) < 4.78 is 23.3. The molecule has 0 bridgehead atoms. The molecule has 66 heavy (non-hydrogen) atoms. The second kappa shape index (κ2) is 48.5. The average Bonchev–Trinajstić information content (AvgIpc) is 3.28. The van der Waals surface area contributed by atoms with Gasteiger partial charge in [-0.2, -0.15) is 0 Å². The SMILES string of the molecule is CCCCCCCCCCCC/C=C/CC/C=C/CC/C=C/C(O)C(COP(=O)([O-])OCC[N+](C)(C)C)NC(=O)CCCCCCCCCC/C=C\CCCCCCCCCCCCCC. The highest BCUT2D eigenvalue weighted by molar-refractivity contribution is 7.45. The van der Waals surface area contributed by atoms with Crippen molar-refractivity contribution in [3.63, 3.8) is 0 Å². The van der Waals surface area contributed by atoms with Gasteiger partial charge in [0, 0.05) is 6.42 Å². The first-order valence-electron chi connectivity index (χ1n) is 28.0. The minimum absolute atomic E-state index is 0.0100. The number of quaternary nitrogens is 1.